The molecule has 0 spiro atoms. The van der Waals surface area contributed by atoms with Gasteiger partial charge in [-0.05, 0) is 53.7 Å². The first-order valence-electron chi connectivity index (χ1n) is 9.68. The molecule has 0 aromatic heterocycles. The van der Waals surface area contributed by atoms with Crippen molar-refractivity contribution in [3.63, 3.8) is 0 Å². The van der Waals surface area contributed by atoms with E-state index in [1.807, 2.05) is 0 Å². The number of benzene rings is 1. The molecule has 0 radical (unpaired) electrons. The van der Waals surface area contributed by atoms with Gasteiger partial charge in [0.15, 0.2) is 0 Å². The summed E-state index contributed by atoms with van der Waals surface area (Å²) in [5.74, 6) is -0.910. The van der Waals surface area contributed by atoms with E-state index in [2.05, 4.69) is 10.6 Å². The summed E-state index contributed by atoms with van der Waals surface area (Å²) in [4.78, 5) is 50.5. The number of ether oxygens (including phenoxy) is 2. The van der Waals surface area contributed by atoms with E-state index in [0.29, 0.717) is 11.1 Å². The highest BCUT2D eigenvalue weighted by Gasteiger charge is 2.37. The fourth-order valence-corrected chi connectivity index (χ4v) is 2.78. The van der Waals surface area contributed by atoms with Crippen LogP contribution in [0.5, 0.6) is 0 Å². The molecule has 2 rings (SSSR count). The van der Waals surface area contributed by atoms with E-state index in [4.69, 9.17) is 9.47 Å². The van der Waals surface area contributed by atoms with Crippen LogP contribution in [0.15, 0.2) is 24.3 Å². The highest BCUT2D eigenvalue weighted by Crippen LogP contribution is 2.22. The zero-order chi connectivity index (χ0) is 22.7. The van der Waals surface area contributed by atoms with Crippen molar-refractivity contribution in [3.05, 3.63) is 35.4 Å². The van der Waals surface area contributed by atoms with Gasteiger partial charge in [-0.1, -0.05) is 12.1 Å². The Balaban J connectivity index is 2.11. The summed E-state index contributed by atoms with van der Waals surface area (Å²) < 4.78 is 10.4. The Kier molecular flexibility index (Phi) is 6.74. The van der Waals surface area contributed by atoms with Gasteiger partial charge in [-0.2, -0.15) is 0 Å². The van der Waals surface area contributed by atoms with Crippen molar-refractivity contribution < 1.29 is 28.7 Å². The second kappa shape index (κ2) is 8.73. The quantitative estimate of drug-likeness (QED) is 0.710. The van der Waals surface area contributed by atoms with Gasteiger partial charge in [0.05, 0.1) is 23.7 Å². The van der Waals surface area contributed by atoms with E-state index in [0.717, 1.165) is 4.90 Å². The van der Waals surface area contributed by atoms with Crippen LogP contribution in [0.1, 0.15) is 62.3 Å². The Bertz CT molecular complexity index is 803. The number of imide groups is 1. The van der Waals surface area contributed by atoms with Crippen LogP contribution >= 0.6 is 0 Å². The molecule has 4 amide bonds. The maximum absolute atomic E-state index is 12.6. The number of hydrogen-bond acceptors (Lipinski definition) is 6. The number of nitrogens with zero attached hydrogens (tertiary/aromatic N) is 1. The smallest absolute Gasteiger partial charge is 0.407 e. The van der Waals surface area contributed by atoms with Gasteiger partial charge in [0.1, 0.15) is 11.2 Å². The van der Waals surface area contributed by atoms with Gasteiger partial charge in [0.2, 0.25) is 0 Å². The highest BCUT2D eigenvalue weighted by molar-refractivity contribution is 6.21. The Hall–Kier alpha value is -3.10. The Morgan fingerprint density at radius 1 is 0.900 bits per heavy atom. The van der Waals surface area contributed by atoms with Crippen LogP contribution in [0.25, 0.3) is 0 Å². The summed E-state index contributed by atoms with van der Waals surface area (Å²) in [6, 6.07) is 5.71. The molecule has 30 heavy (non-hydrogen) atoms. The standard InChI is InChI=1S/C21H29N3O6/c1-20(2,3)29-18(27)22-11-13(23-19(28)30-21(4,5)6)12-24-16(25)14-9-7-8-10-15(14)17(24)26/h7-10,13H,11-12H2,1-6H3,(H,22,27)(H,23,28)/t13-/m1/s1. The summed E-state index contributed by atoms with van der Waals surface area (Å²) >= 11 is 0. The number of carbonyl (C=O) groups excluding carboxylic acids is 4. The monoisotopic (exact) mass is 419 g/mol. The molecular formula is C21H29N3O6. The fourth-order valence-electron chi connectivity index (χ4n) is 2.78. The molecule has 1 atom stereocenters. The minimum absolute atomic E-state index is 0.0679. The van der Waals surface area contributed by atoms with Crippen LogP contribution in [0.2, 0.25) is 0 Å². The van der Waals surface area contributed by atoms with E-state index >= 15 is 0 Å². The van der Waals surface area contributed by atoms with Gasteiger partial charge >= 0.3 is 12.2 Å². The molecule has 2 N–H and O–H groups in total. The molecule has 1 aliphatic rings. The first-order valence-corrected chi connectivity index (χ1v) is 9.68. The number of alkyl carbamates (subject to hydrolysis) is 2. The third kappa shape index (κ3) is 6.47. The second-order valence-corrected chi connectivity index (χ2v) is 8.99. The van der Waals surface area contributed by atoms with Crippen molar-refractivity contribution >= 4 is 24.0 Å². The van der Waals surface area contributed by atoms with Gasteiger partial charge < -0.3 is 20.1 Å². The van der Waals surface area contributed by atoms with Crippen LogP contribution < -0.4 is 10.6 Å². The number of hydrogen-bond donors (Lipinski definition) is 2. The predicted octanol–water partition coefficient (Wildman–Crippen LogP) is 2.70. The molecule has 0 saturated heterocycles. The second-order valence-electron chi connectivity index (χ2n) is 8.99. The minimum Gasteiger partial charge on any atom is -0.444 e. The van der Waals surface area contributed by atoms with E-state index in [1.54, 1.807) is 65.8 Å². The maximum Gasteiger partial charge on any atom is 0.407 e. The maximum atomic E-state index is 12.6. The number of carbonyl (C=O) groups is 4. The molecule has 1 aromatic carbocycles. The fraction of sp³-hybridized carbons (Fsp3) is 0.524. The zero-order valence-electron chi connectivity index (χ0n) is 18.2. The molecule has 0 fully saturated rings. The van der Waals surface area contributed by atoms with Gasteiger partial charge in [-0.3, -0.25) is 14.5 Å². The van der Waals surface area contributed by atoms with E-state index < -0.39 is 41.2 Å². The number of nitrogens with one attached hydrogen (secondary N) is 2. The molecule has 0 saturated carbocycles. The molecule has 0 unspecified atom stereocenters. The van der Waals surface area contributed by atoms with Crippen LogP contribution in [0.3, 0.4) is 0 Å². The molecule has 164 valence electrons. The molecule has 9 heteroatoms. The Labute approximate surface area is 176 Å². The van der Waals surface area contributed by atoms with E-state index in [-0.39, 0.29) is 13.1 Å². The number of fused-ring (bicyclic) bond motifs is 1. The molecule has 1 aromatic rings. The molecule has 0 aliphatic carbocycles. The molecular weight excluding hydrogens is 390 g/mol. The normalized spacial score (nSPS) is 14.8. The lowest BCUT2D eigenvalue weighted by atomic mass is 10.1. The predicted molar refractivity (Wildman–Crippen MR) is 109 cm³/mol. The summed E-state index contributed by atoms with van der Waals surface area (Å²) in [7, 11) is 0. The Morgan fingerprint density at radius 3 is 1.83 bits per heavy atom. The van der Waals surface area contributed by atoms with Gasteiger partial charge in [-0.15, -0.1) is 0 Å². The summed E-state index contributed by atoms with van der Waals surface area (Å²) in [6.07, 6.45) is -1.41. The minimum atomic E-state index is -0.783. The summed E-state index contributed by atoms with van der Waals surface area (Å²) in [5, 5.41) is 5.16. The third-order valence-electron chi connectivity index (χ3n) is 3.89. The average molecular weight is 419 g/mol. The van der Waals surface area contributed by atoms with Crippen molar-refractivity contribution in [2.24, 2.45) is 0 Å². The first kappa shape index (κ1) is 23.2. The van der Waals surface area contributed by atoms with Crippen molar-refractivity contribution in [3.8, 4) is 0 Å². The van der Waals surface area contributed by atoms with Gasteiger partial charge in [-0.25, -0.2) is 9.59 Å². The SMILES string of the molecule is CC(C)(C)OC(=O)NC[C@H](CN1C(=O)c2ccccc2C1=O)NC(=O)OC(C)(C)C. The van der Waals surface area contributed by atoms with E-state index in [9.17, 15) is 19.2 Å². The van der Waals surface area contributed by atoms with Gasteiger partial charge in [0, 0.05) is 6.54 Å². The van der Waals surface area contributed by atoms with Crippen molar-refractivity contribution in [2.75, 3.05) is 13.1 Å². The van der Waals surface area contributed by atoms with Crippen LogP contribution in [0.4, 0.5) is 9.59 Å². The number of rotatable bonds is 5. The van der Waals surface area contributed by atoms with Crippen molar-refractivity contribution in [1.29, 1.82) is 0 Å². The molecule has 9 nitrogen and oxygen atoms in total. The van der Waals surface area contributed by atoms with Crippen molar-refractivity contribution in [2.45, 2.75) is 58.8 Å². The van der Waals surface area contributed by atoms with Gasteiger partial charge in [0.25, 0.3) is 11.8 Å². The first-order chi connectivity index (χ1) is 13.8. The van der Waals surface area contributed by atoms with Crippen LogP contribution in [0, 0.1) is 0 Å². The van der Waals surface area contributed by atoms with E-state index in [1.165, 1.54) is 0 Å². The largest absolute Gasteiger partial charge is 0.444 e. The zero-order valence-corrected chi connectivity index (χ0v) is 18.2. The summed E-state index contributed by atoms with van der Waals surface area (Å²) in [5.41, 5.74) is -0.819. The van der Waals surface area contributed by atoms with Crippen LogP contribution in [-0.2, 0) is 9.47 Å². The molecule has 0 bridgehead atoms. The summed E-state index contributed by atoms with van der Waals surface area (Å²) in [6.45, 7) is 10.1. The lowest BCUT2D eigenvalue weighted by molar-refractivity contribution is 0.0438. The molecule has 1 heterocycles. The average Bonchev–Trinajstić information content (AvgIpc) is 2.82. The molecule has 1 aliphatic heterocycles. The Morgan fingerprint density at radius 2 is 1.37 bits per heavy atom. The lowest BCUT2D eigenvalue weighted by Crippen LogP contribution is -2.52. The third-order valence-corrected chi connectivity index (χ3v) is 3.89. The van der Waals surface area contributed by atoms with Crippen molar-refractivity contribution in [1.82, 2.24) is 15.5 Å². The number of amides is 4. The topological polar surface area (TPSA) is 114 Å². The lowest BCUT2D eigenvalue weighted by Gasteiger charge is -2.27. The van der Waals surface area contributed by atoms with Crippen LogP contribution in [-0.4, -0.2) is 59.2 Å². The highest BCUT2D eigenvalue weighted by atomic mass is 16.6.